The average Bonchev–Trinajstić information content (AvgIpc) is 2.44. The van der Waals surface area contributed by atoms with Gasteiger partial charge in [0, 0.05) is 25.7 Å². The van der Waals surface area contributed by atoms with Crippen LogP contribution in [0.15, 0.2) is 0 Å². The molecule has 0 aromatic rings. The van der Waals surface area contributed by atoms with Crippen molar-refractivity contribution in [1.29, 1.82) is 0 Å². The molecule has 0 aromatic heterocycles. The van der Waals surface area contributed by atoms with Crippen LogP contribution in [-0.4, -0.2) is 54.0 Å². The fourth-order valence-corrected chi connectivity index (χ4v) is 2.87. The number of amides is 1. The topological polar surface area (TPSA) is 61.8 Å². The lowest BCUT2D eigenvalue weighted by Crippen LogP contribution is -2.47. The molecule has 0 bridgehead atoms. The summed E-state index contributed by atoms with van der Waals surface area (Å²) < 4.78 is 5.41. The van der Waals surface area contributed by atoms with E-state index in [4.69, 9.17) is 9.84 Å². The van der Waals surface area contributed by atoms with Gasteiger partial charge in [0.25, 0.3) is 0 Å². The van der Waals surface area contributed by atoms with E-state index in [0.29, 0.717) is 12.0 Å². The maximum atomic E-state index is 12.0. The van der Waals surface area contributed by atoms with Crippen molar-refractivity contribution in [2.75, 3.05) is 26.2 Å². The summed E-state index contributed by atoms with van der Waals surface area (Å²) in [7, 11) is 0. The van der Waals surface area contributed by atoms with Crippen molar-refractivity contribution in [3.8, 4) is 0 Å². The molecule has 1 aliphatic heterocycles. The zero-order valence-electron chi connectivity index (χ0n) is 14.7. The average molecular weight is 314 g/mol. The maximum Gasteiger partial charge on any atom is 0.410 e. The highest BCUT2D eigenvalue weighted by molar-refractivity contribution is 5.68. The zero-order chi connectivity index (χ0) is 16.6. The lowest BCUT2D eigenvalue weighted by atomic mass is 9.98. The highest BCUT2D eigenvalue weighted by atomic mass is 16.6. The maximum absolute atomic E-state index is 12.0. The number of hydrogen-bond donors (Lipinski definition) is 2. The summed E-state index contributed by atoms with van der Waals surface area (Å²) in [6.45, 7) is 10.6. The van der Waals surface area contributed by atoms with Crippen LogP contribution in [0.25, 0.3) is 0 Å². The van der Waals surface area contributed by atoms with Crippen molar-refractivity contribution >= 4 is 6.09 Å². The summed E-state index contributed by atoms with van der Waals surface area (Å²) >= 11 is 0. The van der Waals surface area contributed by atoms with Gasteiger partial charge in [-0.1, -0.05) is 13.3 Å². The molecule has 0 spiro atoms. The summed E-state index contributed by atoms with van der Waals surface area (Å²) in [6, 6.07) is 0.469. The Hall–Kier alpha value is -0.810. The fourth-order valence-electron chi connectivity index (χ4n) is 2.87. The molecule has 0 saturated carbocycles. The quantitative estimate of drug-likeness (QED) is 0.758. The molecule has 1 amide bonds. The normalized spacial score (nSPS) is 18.3. The van der Waals surface area contributed by atoms with Crippen LogP contribution in [-0.2, 0) is 4.74 Å². The van der Waals surface area contributed by atoms with Crippen LogP contribution in [0.3, 0.4) is 0 Å². The molecule has 5 nitrogen and oxygen atoms in total. The third kappa shape index (κ3) is 7.45. The summed E-state index contributed by atoms with van der Waals surface area (Å²) in [5, 5.41) is 12.7. The van der Waals surface area contributed by atoms with Gasteiger partial charge in [0.05, 0.1) is 0 Å². The Balaban J connectivity index is 2.28. The van der Waals surface area contributed by atoms with Crippen molar-refractivity contribution in [3.63, 3.8) is 0 Å². The Morgan fingerprint density at radius 3 is 2.45 bits per heavy atom. The number of aliphatic hydroxyl groups excluding tert-OH is 1. The number of nitrogens with zero attached hydrogens (tertiary/aromatic N) is 1. The first-order chi connectivity index (χ1) is 10.4. The number of carbonyl (C=O) groups excluding carboxylic acids is 1. The largest absolute Gasteiger partial charge is 0.444 e. The van der Waals surface area contributed by atoms with Gasteiger partial charge in [-0.05, 0) is 58.9 Å². The van der Waals surface area contributed by atoms with E-state index in [2.05, 4.69) is 12.2 Å². The van der Waals surface area contributed by atoms with E-state index in [0.717, 1.165) is 51.7 Å². The summed E-state index contributed by atoms with van der Waals surface area (Å²) in [6.07, 6.45) is 4.93. The van der Waals surface area contributed by atoms with Crippen molar-refractivity contribution in [2.45, 2.75) is 71.4 Å². The van der Waals surface area contributed by atoms with Gasteiger partial charge in [0.2, 0.25) is 0 Å². The van der Waals surface area contributed by atoms with Crippen LogP contribution in [0, 0.1) is 5.92 Å². The molecular weight excluding hydrogens is 280 g/mol. The number of nitrogens with one attached hydrogen (secondary N) is 1. The van der Waals surface area contributed by atoms with E-state index in [9.17, 15) is 4.79 Å². The first kappa shape index (κ1) is 19.2. The predicted octanol–water partition coefficient (Wildman–Crippen LogP) is 2.77. The minimum atomic E-state index is -0.427. The minimum Gasteiger partial charge on any atom is -0.444 e. The molecule has 130 valence electrons. The summed E-state index contributed by atoms with van der Waals surface area (Å²) in [5.74, 6) is 0.555. The van der Waals surface area contributed by atoms with Crippen LogP contribution < -0.4 is 5.32 Å². The lowest BCUT2D eigenvalue weighted by Gasteiger charge is -2.34. The van der Waals surface area contributed by atoms with Gasteiger partial charge in [-0.25, -0.2) is 4.79 Å². The Morgan fingerprint density at radius 2 is 1.95 bits per heavy atom. The molecule has 1 unspecified atom stereocenters. The van der Waals surface area contributed by atoms with Crippen molar-refractivity contribution in [1.82, 2.24) is 10.2 Å². The number of carbonyl (C=O) groups is 1. The third-order valence-electron chi connectivity index (χ3n) is 4.08. The van der Waals surface area contributed by atoms with Crippen LogP contribution in [0.1, 0.15) is 59.8 Å². The summed E-state index contributed by atoms with van der Waals surface area (Å²) in [5.41, 5.74) is -0.427. The van der Waals surface area contributed by atoms with Crippen molar-refractivity contribution in [2.24, 2.45) is 5.92 Å². The van der Waals surface area contributed by atoms with Gasteiger partial charge >= 0.3 is 6.09 Å². The molecule has 1 rings (SSSR count). The molecule has 1 aliphatic rings. The molecule has 1 heterocycles. The molecule has 0 radical (unpaired) electrons. The molecule has 1 fully saturated rings. The second kappa shape index (κ2) is 9.36. The van der Waals surface area contributed by atoms with Crippen LogP contribution in [0.4, 0.5) is 4.79 Å². The van der Waals surface area contributed by atoms with Gasteiger partial charge in [-0.3, -0.25) is 0 Å². The predicted molar refractivity (Wildman–Crippen MR) is 88.9 cm³/mol. The number of aliphatic hydroxyl groups is 1. The smallest absolute Gasteiger partial charge is 0.410 e. The highest BCUT2D eigenvalue weighted by Crippen LogP contribution is 2.16. The highest BCUT2D eigenvalue weighted by Gasteiger charge is 2.26. The van der Waals surface area contributed by atoms with E-state index < -0.39 is 5.60 Å². The van der Waals surface area contributed by atoms with E-state index in [1.807, 2.05) is 20.8 Å². The standard InChI is InChI=1S/C17H34N2O3/c1-5-6-14(9-12-20)13-18-15-7-10-19(11-8-15)16(21)22-17(2,3)4/h14-15,18,20H,5-13H2,1-4H3. The van der Waals surface area contributed by atoms with E-state index in [1.54, 1.807) is 4.90 Å². The molecule has 0 aliphatic carbocycles. The molecule has 22 heavy (non-hydrogen) atoms. The van der Waals surface area contributed by atoms with Crippen molar-refractivity contribution < 1.29 is 14.6 Å². The Labute approximate surface area is 135 Å². The minimum absolute atomic E-state index is 0.199. The van der Waals surface area contributed by atoms with Gasteiger partial charge in [-0.15, -0.1) is 0 Å². The Morgan fingerprint density at radius 1 is 1.32 bits per heavy atom. The molecular formula is C17H34N2O3. The van der Waals surface area contributed by atoms with Crippen LogP contribution in [0.2, 0.25) is 0 Å². The molecule has 1 saturated heterocycles. The fraction of sp³-hybridized carbons (Fsp3) is 0.941. The van der Waals surface area contributed by atoms with E-state index >= 15 is 0 Å². The van der Waals surface area contributed by atoms with Gasteiger partial charge in [0.15, 0.2) is 0 Å². The van der Waals surface area contributed by atoms with Gasteiger partial charge < -0.3 is 20.1 Å². The molecule has 2 N–H and O–H groups in total. The number of rotatable bonds is 7. The molecule has 5 heteroatoms. The number of ether oxygens (including phenoxy) is 1. The first-order valence-electron chi connectivity index (χ1n) is 8.68. The van der Waals surface area contributed by atoms with Crippen LogP contribution >= 0.6 is 0 Å². The summed E-state index contributed by atoms with van der Waals surface area (Å²) in [4.78, 5) is 13.8. The van der Waals surface area contributed by atoms with Gasteiger partial charge in [-0.2, -0.15) is 0 Å². The lowest BCUT2D eigenvalue weighted by molar-refractivity contribution is 0.0197. The Bertz CT molecular complexity index is 314. The van der Waals surface area contributed by atoms with E-state index in [1.165, 1.54) is 0 Å². The third-order valence-corrected chi connectivity index (χ3v) is 4.08. The Kier molecular flexibility index (Phi) is 8.18. The monoisotopic (exact) mass is 314 g/mol. The number of piperidine rings is 1. The number of hydrogen-bond acceptors (Lipinski definition) is 4. The second-order valence-electron chi connectivity index (χ2n) is 7.32. The van der Waals surface area contributed by atoms with Crippen molar-refractivity contribution in [3.05, 3.63) is 0 Å². The molecule has 0 aromatic carbocycles. The number of likely N-dealkylation sites (tertiary alicyclic amines) is 1. The van der Waals surface area contributed by atoms with Gasteiger partial charge in [0.1, 0.15) is 5.60 Å². The van der Waals surface area contributed by atoms with E-state index in [-0.39, 0.29) is 12.7 Å². The second-order valence-corrected chi connectivity index (χ2v) is 7.32. The first-order valence-corrected chi connectivity index (χ1v) is 8.68. The SMILES string of the molecule is CCCC(CCO)CNC1CCN(C(=O)OC(C)(C)C)CC1. The molecule has 1 atom stereocenters. The zero-order valence-corrected chi connectivity index (χ0v) is 14.7. The van der Waals surface area contributed by atoms with Crippen LogP contribution in [0.5, 0.6) is 0 Å².